The lowest BCUT2D eigenvalue weighted by Crippen LogP contribution is -2.28. The summed E-state index contributed by atoms with van der Waals surface area (Å²) in [5.74, 6) is 1.91. The number of ether oxygens (including phenoxy) is 1. The van der Waals surface area contributed by atoms with Crippen molar-refractivity contribution in [3.63, 3.8) is 0 Å². The first-order valence-corrected chi connectivity index (χ1v) is 12.3. The molecule has 172 valence electrons. The molecular formula is C32H28N2O. The molecule has 6 rings (SSSR count). The van der Waals surface area contributed by atoms with E-state index in [4.69, 9.17) is 4.74 Å². The van der Waals surface area contributed by atoms with Gasteiger partial charge in [0.05, 0.1) is 11.7 Å². The third kappa shape index (κ3) is 4.63. The SMILES string of the molecule is C1=C[C@@H]2c3ccccc3N[C@@H](c3ccc(N=Cc4ccc(OCc5ccccc5)cc4)cc3)[C@@H]2C1. The lowest BCUT2D eigenvalue weighted by Gasteiger charge is -2.37. The van der Waals surface area contributed by atoms with Crippen molar-refractivity contribution in [3.8, 4) is 5.75 Å². The van der Waals surface area contributed by atoms with E-state index in [1.807, 2.05) is 48.7 Å². The van der Waals surface area contributed by atoms with Crippen LogP contribution < -0.4 is 10.1 Å². The highest BCUT2D eigenvalue weighted by Crippen LogP contribution is 2.49. The molecule has 1 N–H and O–H groups in total. The maximum Gasteiger partial charge on any atom is 0.119 e. The Hall–Kier alpha value is -4.11. The van der Waals surface area contributed by atoms with Gasteiger partial charge in [0.2, 0.25) is 0 Å². The molecule has 35 heavy (non-hydrogen) atoms. The van der Waals surface area contributed by atoms with Gasteiger partial charge in [-0.2, -0.15) is 0 Å². The summed E-state index contributed by atoms with van der Waals surface area (Å²) in [5, 5.41) is 3.80. The number of nitrogens with one attached hydrogen (secondary N) is 1. The van der Waals surface area contributed by atoms with Crippen molar-refractivity contribution in [1.29, 1.82) is 0 Å². The zero-order valence-corrected chi connectivity index (χ0v) is 19.5. The zero-order valence-electron chi connectivity index (χ0n) is 19.5. The second-order valence-electron chi connectivity index (χ2n) is 9.26. The fourth-order valence-corrected chi connectivity index (χ4v) is 5.18. The van der Waals surface area contributed by atoms with Crippen molar-refractivity contribution in [3.05, 3.63) is 138 Å². The maximum atomic E-state index is 5.88. The van der Waals surface area contributed by atoms with E-state index in [9.17, 15) is 0 Å². The molecule has 0 radical (unpaired) electrons. The summed E-state index contributed by atoms with van der Waals surface area (Å²) >= 11 is 0. The van der Waals surface area contributed by atoms with Gasteiger partial charge < -0.3 is 10.1 Å². The van der Waals surface area contributed by atoms with Crippen LogP contribution in [0.1, 0.15) is 40.6 Å². The molecule has 0 bridgehead atoms. The Bertz CT molecular complexity index is 1340. The van der Waals surface area contributed by atoms with E-state index < -0.39 is 0 Å². The van der Waals surface area contributed by atoms with E-state index in [1.54, 1.807) is 0 Å². The smallest absolute Gasteiger partial charge is 0.119 e. The number of nitrogens with zero attached hydrogens (tertiary/aromatic N) is 1. The molecule has 4 aromatic carbocycles. The van der Waals surface area contributed by atoms with E-state index in [-0.39, 0.29) is 0 Å². The van der Waals surface area contributed by atoms with Crippen molar-refractivity contribution in [2.75, 3.05) is 5.32 Å². The standard InChI is InChI=1S/C32H28N2O/c1-2-7-24(8-3-1)22-35-27-19-13-23(14-20-27)21-33-26-17-15-25(16-18-26)32-30-11-6-10-28(30)29-9-4-5-12-31(29)34-32/h1-10,12-21,28,30,32,34H,11,22H2/t28-,30-,32+/m1/s1. The zero-order chi connectivity index (χ0) is 23.5. The third-order valence-corrected chi connectivity index (χ3v) is 7.02. The quantitative estimate of drug-likeness (QED) is 0.237. The Kier molecular flexibility index (Phi) is 5.90. The molecule has 0 spiro atoms. The number of para-hydroxylation sites is 1. The van der Waals surface area contributed by atoms with Crippen LogP contribution in [-0.2, 0) is 6.61 Å². The number of benzene rings is 4. The molecule has 0 aromatic heterocycles. The van der Waals surface area contributed by atoms with E-state index in [2.05, 4.69) is 83.1 Å². The summed E-state index contributed by atoms with van der Waals surface area (Å²) < 4.78 is 5.88. The highest BCUT2D eigenvalue weighted by atomic mass is 16.5. The highest BCUT2D eigenvalue weighted by Gasteiger charge is 2.37. The molecule has 0 saturated carbocycles. The van der Waals surface area contributed by atoms with E-state index in [0.29, 0.717) is 24.5 Å². The van der Waals surface area contributed by atoms with Gasteiger partial charge in [-0.1, -0.05) is 72.8 Å². The van der Waals surface area contributed by atoms with Crippen molar-refractivity contribution in [2.24, 2.45) is 10.9 Å². The molecular weight excluding hydrogens is 428 g/mol. The lowest BCUT2D eigenvalue weighted by atomic mass is 9.77. The van der Waals surface area contributed by atoms with Gasteiger partial charge in [-0.05, 0) is 77.1 Å². The van der Waals surface area contributed by atoms with Gasteiger partial charge in [-0.3, -0.25) is 4.99 Å². The minimum atomic E-state index is 0.311. The Morgan fingerprint density at radius 3 is 2.43 bits per heavy atom. The minimum absolute atomic E-state index is 0.311. The van der Waals surface area contributed by atoms with Crippen LogP contribution in [0, 0.1) is 5.92 Å². The van der Waals surface area contributed by atoms with Crippen LogP contribution in [0.15, 0.2) is 120 Å². The predicted molar refractivity (Wildman–Crippen MR) is 144 cm³/mol. The number of fused-ring (bicyclic) bond motifs is 3. The number of rotatable bonds is 6. The van der Waals surface area contributed by atoms with E-state index >= 15 is 0 Å². The van der Waals surface area contributed by atoms with E-state index in [0.717, 1.165) is 29.0 Å². The Labute approximate surface area is 206 Å². The number of aliphatic imine (C=N–C) groups is 1. The second-order valence-corrected chi connectivity index (χ2v) is 9.26. The molecule has 3 heteroatoms. The molecule has 1 aliphatic heterocycles. The summed E-state index contributed by atoms with van der Waals surface area (Å²) in [6.07, 6.45) is 7.74. The number of hydrogen-bond acceptors (Lipinski definition) is 3. The first-order valence-electron chi connectivity index (χ1n) is 12.3. The lowest BCUT2D eigenvalue weighted by molar-refractivity contribution is 0.306. The summed E-state index contributed by atoms with van der Waals surface area (Å²) in [5.41, 5.74) is 7.15. The van der Waals surface area contributed by atoms with Crippen molar-refractivity contribution in [2.45, 2.75) is 25.0 Å². The van der Waals surface area contributed by atoms with Gasteiger partial charge in [0.1, 0.15) is 12.4 Å². The maximum absolute atomic E-state index is 5.88. The third-order valence-electron chi connectivity index (χ3n) is 7.02. The van der Waals surface area contributed by atoms with Crippen LogP contribution in [0.2, 0.25) is 0 Å². The summed E-state index contributed by atoms with van der Waals surface area (Å²) in [6, 6.07) is 35.9. The van der Waals surface area contributed by atoms with Crippen LogP contribution >= 0.6 is 0 Å². The van der Waals surface area contributed by atoms with Crippen molar-refractivity contribution in [1.82, 2.24) is 0 Å². The van der Waals surface area contributed by atoms with Crippen molar-refractivity contribution >= 4 is 17.6 Å². The normalized spacial score (nSPS) is 20.3. The van der Waals surface area contributed by atoms with Crippen LogP contribution in [0.4, 0.5) is 11.4 Å². The summed E-state index contributed by atoms with van der Waals surface area (Å²) in [6.45, 7) is 0.569. The average Bonchev–Trinajstić information content (AvgIpc) is 3.42. The molecule has 1 heterocycles. The number of hydrogen-bond donors (Lipinski definition) is 1. The molecule has 3 nitrogen and oxygen atoms in total. The van der Waals surface area contributed by atoms with Crippen LogP contribution in [0.5, 0.6) is 5.75 Å². The number of allylic oxidation sites excluding steroid dienone is 2. The Balaban J connectivity index is 1.11. The first kappa shape index (κ1) is 21.4. The van der Waals surface area contributed by atoms with Crippen LogP contribution in [0.25, 0.3) is 0 Å². The molecule has 4 aromatic rings. The van der Waals surface area contributed by atoms with Gasteiger partial charge in [-0.25, -0.2) is 0 Å². The Morgan fingerprint density at radius 1 is 0.829 bits per heavy atom. The van der Waals surface area contributed by atoms with Gasteiger partial charge in [0, 0.05) is 17.8 Å². The fourth-order valence-electron chi connectivity index (χ4n) is 5.18. The van der Waals surface area contributed by atoms with Gasteiger partial charge in [0.15, 0.2) is 0 Å². The van der Waals surface area contributed by atoms with Crippen molar-refractivity contribution < 1.29 is 4.74 Å². The predicted octanol–water partition coefficient (Wildman–Crippen LogP) is 7.84. The highest BCUT2D eigenvalue weighted by molar-refractivity contribution is 5.82. The summed E-state index contributed by atoms with van der Waals surface area (Å²) in [4.78, 5) is 4.69. The van der Waals surface area contributed by atoms with Crippen LogP contribution in [0.3, 0.4) is 0 Å². The molecule has 0 fully saturated rings. The summed E-state index contributed by atoms with van der Waals surface area (Å²) in [7, 11) is 0. The molecule has 0 unspecified atom stereocenters. The molecule has 0 amide bonds. The second kappa shape index (κ2) is 9.63. The Morgan fingerprint density at radius 2 is 1.60 bits per heavy atom. The van der Waals surface area contributed by atoms with Gasteiger partial charge in [-0.15, -0.1) is 0 Å². The molecule has 2 aliphatic rings. The molecule has 3 atom stereocenters. The molecule has 0 saturated heterocycles. The number of anilines is 1. The van der Waals surface area contributed by atoms with E-state index in [1.165, 1.54) is 16.8 Å². The topological polar surface area (TPSA) is 33.6 Å². The largest absolute Gasteiger partial charge is 0.489 e. The van der Waals surface area contributed by atoms with Gasteiger partial charge in [0.25, 0.3) is 0 Å². The van der Waals surface area contributed by atoms with Gasteiger partial charge >= 0.3 is 0 Å². The van der Waals surface area contributed by atoms with Crippen LogP contribution in [-0.4, -0.2) is 6.21 Å². The monoisotopic (exact) mass is 456 g/mol. The first-order chi connectivity index (χ1) is 17.3. The average molecular weight is 457 g/mol. The minimum Gasteiger partial charge on any atom is -0.489 e. The fraction of sp³-hybridized carbons (Fsp3) is 0.156. The molecule has 1 aliphatic carbocycles.